The largest absolute Gasteiger partial charge is 0.489 e. The monoisotopic (exact) mass is 470 g/mol. The first kappa shape index (κ1) is 24.5. The summed E-state index contributed by atoms with van der Waals surface area (Å²) in [5, 5.41) is 6.49. The molecule has 0 radical (unpaired) electrons. The standard InChI is InChI=1S/C22H26F4N4O3/c1-21(2,3)33-20(31)27-11-14(10-23)12-32-17-8-6-15(7-9-17)18-28-19(16-4-5-16)30(29-18)13-22(24,25)26/h6-10,16H,4-5,11-13H2,1-3H3,(H,27,31)/b14-10+. The van der Waals surface area contributed by atoms with E-state index in [1.807, 2.05) is 0 Å². The zero-order chi connectivity index (χ0) is 24.2. The molecule has 3 rings (SSSR count). The molecule has 1 aliphatic carbocycles. The lowest BCUT2D eigenvalue weighted by molar-refractivity contribution is -0.143. The van der Waals surface area contributed by atoms with Gasteiger partial charge in [-0.05, 0) is 57.9 Å². The smallest absolute Gasteiger partial charge is 0.408 e. The van der Waals surface area contributed by atoms with Gasteiger partial charge in [-0.25, -0.2) is 18.9 Å². The van der Waals surface area contributed by atoms with Gasteiger partial charge in [-0.15, -0.1) is 0 Å². The number of alkyl carbamates (subject to hydrolysis) is 1. The zero-order valence-corrected chi connectivity index (χ0v) is 18.6. The highest BCUT2D eigenvalue weighted by Gasteiger charge is 2.35. The molecular weight excluding hydrogens is 444 g/mol. The number of hydrogen-bond acceptors (Lipinski definition) is 5. The second kappa shape index (κ2) is 9.80. The summed E-state index contributed by atoms with van der Waals surface area (Å²) in [6.45, 7) is 3.77. The molecule has 0 bridgehead atoms. The van der Waals surface area contributed by atoms with Crippen molar-refractivity contribution in [3.05, 3.63) is 42.0 Å². The van der Waals surface area contributed by atoms with E-state index in [0.29, 0.717) is 23.5 Å². The van der Waals surface area contributed by atoms with Crippen LogP contribution in [0.4, 0.5) is 22.4 Å². The van der Waals surface area contributed by atoms with Gasteiger partial charge in [0.15, 0.2) is 5.82 Å². The molecule has 2 aromatic rings. The van der Waals surface area contributed by atoms with Crippen molar-refractivity contribution >= 4 is 6.09 Å². The highest BCUT2D eigenvalue weighted by atomic mass is 19.4. The molecule has 1 aromatic carbocycles. The topological polar surface area (TPSA) is 78.3 Å². The van der Waals surface area contributed by atoms with E-state index >= 15 is 0 Å². The van der Waals surface area contributed by atoms with Gasteiger partial charge in [0.05, 0.1) is 6.33 Å². The van der Waals surface area contributed by atoms with Crippen molar-refractivity contribution in [1.29, 1.82) is 0 Å². The Kier molecular flexibility index (Phi) is 7.28. The summed E-state index contributed by atoms with van der Waals surface area (Å²) in [6, 6.07) is 6.43. The fraction of sp³-hybridized carbons (Fsp3) is 0.500. The number of ether oxygens (including phenoxy) is 2. The maximum atomic E-state index is 13.1. The van der Waals surface area contributed by atoms with E-state index in [1.54, 1.807) is 45.0 Å². The van der Waals surface area contributed by atoms with Crippen molar-refractivity contribution in [3.8, 4) is 17.1 Å². The Labute approximate surface area is 188 Å². The minimum absolute atomic E-state index is 0.0106. The molecule has 1 amide bonds. The average molecular weight is 470 g/mol. The highest BCUT2D eigenvalue weighted by molar-refractivity contribution is 5.68. The number of aromatic nitrogens is 3. The van der Waals surface area contributed by atoms with Crippen LogP contribution in [0.15, 0.2) is 36.2 Å². The fourth-order valence-corrected chi connectivity index (χ4v) is 2.90. The molecule has 1 aliphatic rings. The van der Waals surface area contributed by atoms with E-state index in [9.17, 15) is 22.4 Å². The van der Waals surface area contributed by atoms with Gasteiger partial charge < -0.3 is 14.8 Å². The fourth-order valence-electron chi connectivity index (χ4n) is 2.90. The van der Waals surface area contributed by atoms with Gasteiger partial charge in [-0.1, -0.05) is 0 Å². The number of benzene rings is 1. The summed E-state index contributed by atoms with van der Waals surface area (Å²) >= 11 is 0. The lowest BCUT2D eigenvalue weighted by Gasteiger charge is -2.20. The van der Waals surface area contributed by atoms with Gasteiger partial charge in [0.1, 0.15) is 30.3 Å². The first-order chi connectivity index (χ1) is 15.4. The molecule has 11 heteroatoms. The van der Waals surface area contributed by atoms with Crippen molar-refractivity contribution in [2.45, 2.75) is 57.9 Å². The molecule has 0 atom stereocenters. The number of nitrogens with one attached hydrogen (secondary N) is 1. The summed E-state index contributed by atoms with van der Waals surface area (Å²) in [4.78, 5) is 16.0. The molecule has 1 fully saturated rings. The minimum atomic E-state index is -4.38. The van der Waals surface area contributed by atoms with E-state index in [2.05, 4.69) is 15.4 Å². The number of nitrogens with zero attached hydrogens (tertiary/aromatic N) is 3. The summed E-state index contributed by atoms with van der Waals surface area (Å²) < 4.78 is 63.2. The molecule has 0 unspecified atom stereocenters. The second-order valence-electron chi connectivity index (χ2n) is 8.78. The lowest BCUT2D eigenvalue weighted by Crippen LogP contribution is -2.34. The van der Waals surface area contributed by atoms with Crippen LogP contribution in [-0.4, -0.2) is 45.8 Å². The molecule has 7 nitrogen and oxygen atoms in total. The highest BCUT2D eigenvalue weighted by Crippen LogP contribution is 2.40. The quantitative estimate of drug-likeness (QED) is 0.541. The summed E-state index contributed by atoms with van der Waals surface area (Å²) in [5.74, 6) is 0.973. The van der Waals surface area contributed by atoms with Gasteiger partial charge in [0.2, 0.25) is 0 Å². The van der Waals surface area contributed by atoms with Crippen LogP contribution in [-0.2, 0) is 11.3 Å². The summed E-state index contributed by atoms with van der Waals surface area (Å²) in [6.07, 6.45) is -3.10. The van der Waals surface area contributed by atoms with Gasteiger partial charge in [0.25, 0.3) is 0 Å². The number of amides is 1. The van der Waals surface area contributed by atoms with Crippen molar-refractivity contribution in [1.82, 2.24) is 20.1 Å². The number of carbonyl (C=O) groups excluding carboxylic acids is 1. The number of alkyl halides is 3. The lowest BCUT2D eigenvalue weighted by atomic mass is 10.2. The summed E-state index contributed by atoms with van der Waals surface area (Å²) in [5.41, 5.74) is 0.0586. The average Bonchev–Trinajstić information content (AvgIpc) is 3.47. The first-order valence-corrected chi connectivity index (χ1v) is 10.4. The Balaban J connectivity index is 1.58. The van der Waals surface area contributed by atoms with Crippen LogP contribution in [0.2, 0.25) is 0 Å². The molecule has 0 aliphatic heterocycles. The van der Waals surface area contributed by atoms with E-state index < -0.39 is 24.4 Å². The van der Waals surface area contributed by atoms with Gasteiger partial charge in [-0.2, -0.15) is 18.3 Å². The number of halogens is 4. The Hall–Kier alpha value is -3.11. The van der Waals surface area contributed by atoms with Crippen LogP contribution in [0.5, 0.6) is 5.75 Å². The van der Waals surface area contributed by atoms with Crippen molar-refractivity contribution in [3.63, 3.8) is 0 Å². The third kappa shape index (κ3) is 7.76. The molecule has 0 spiro atoms. The first-order valence-electron chi connectivity index (χ1n) is 10.4. The maximum absolute atomic E-state index is 13.1. The Morgan fingerprint density at radius 2 is 1.88 bits per heavy atom. The van der Waals surface area contributed by atoms with Crippen LogP contribution in [0.3, 0.4) is 0 Å². The van der Waals surface area contributed by atoms with Crippen molar-refractivity contribution in [2.75, 3.05) is 13.2 Å². The Morgan fingerprint density at radius 1 is 1.21 bits per heavy atom. The molecular formula is C22H26F4N4O3. The van der Waals surface area contributed by atoms with E-state index in [-0.39, 0.29) is 30.5 Å². The normalized spacial score (nSPS) is 14.8. The summed E-state index contributed by atoms with van der Waals surface area (Å²) in [7, 11) is 0. The second-order valence-corrected chi connectivity index (χ2v) is 8.78. The van der Waals surface area contributed by atoms with Crippen LogP contribution in [0, 0.1) is 0 Å². The van der Waals surface area contributed by atoms with Crippen molar-refractivity contribution < 1.29 is 31.8 Å². The van der Waals surface area contributed by atoms with Crippen LogP contribution in [0.25, 0.3) is 11.4 Å². The van der Waals surface area contributed by atoms with E-state index in [4.69, 9.17) is 9.47 Å². The third-order valence-corrected chi connectivity index (χ3v) is 4.52. The molecule has 1 N–H and O–H groups in total. The molecule has 180 valence electrons. The number of rotatable bonds is 8. The van der Waals surface area contributed by atoms with Gasteiger partial charge in [-0.3, -0.25) is 0 Å². The molecule has 1 aromatic heterocycles. The van der Waals surface area contributed by atoms with Crippen LogP contribution in [0.1, 0.15) is 45.4 Å². The Bertz CT molecular complexity index is 991. The van der Waals surface area contributed by atoms with Crippen LogP contribution >= 0.6 is 0 Å². The number of hydrogen-bond donors (Lipinski definition) is 1. The zero-order valence-electron chi connectivity index (χ0n) is 18.6. The Morgan fingerprint density at radius 3 is 2.42 bits per heavy atom. The predicted molar refractivity (Wildman–Crippen MR) is 112 cm³/mol. The molecule has 0 saturated heterocycles. The predicted octanol–water partition coefficient (Wildman–Crippen LogP) is 5.14. The minimum Gasteiger partial charge on any atom is -0.489 e. The SMILES string of the molecule is CC(C)(C)OC(=O)NC/C(=C\F)COc1ccc(-c2nc(C3CC3)n(CC(F)(F)F)n2)cc1. The van der Waals surface area contributed by atoms with Crippen LogP contribution < -0.4 is 10.1 Å². The van der Waals surface area contributed by atoms with E-state index in [0.717, 1.165) is 17.5 Å². The van der Waals surface area contributed by atoms with Gasteiger partial charge >= 0.3 is 12.3 Å². The third-order valence-electron chi connectivity index (χ3n) is 4.52. The van der Waals surface area contributed by atoms with E-state index in [1.165, 1.54) is 0 Å². The molecule has 1 saturated carbocycles. The maximum Gasteiger partial charge on any atom is 0.408 e. The van der Waals surface area contributed by atoms with Crippen molar-refractivity contribution in [2.24, 2.45) is 0 Å². The molecule has 1 heterocycles. The molecule has 33 heavy (non-hydrogen) atoms. The number of carbonyl (C=O) groups is 1. The van der Waals surface area contributed by atoms with Gasteiger partial charge in [0, 0.05) is 23.6 Å².